The Hall–Kier alpha value is -1.67. The molecule has 0 saturated carbocycles. The Kier molecular flexibility index (Phi) is 21.5. The summed E-state index contributed by atoms with van der Waals surface area (Å²) in [5.74, 6) is -0.306. The summed E-state index contributed by atoms with van der Waals surface area (Å²) in [7, 11) is -5.91. The number of anilines is 3. The summed E-state index contributed by atoms with van der Waals surface area (Å²) in [6, 6.07) is 29.5. The first-order valence-corrected chi connectivity index (χ1v) is 16.2. The molecule has 0 heterocycles. The molecule has 0 saturated heterocycles. The first-order valence-electron chi connectivity index (χ1n) is 12.6. The van der Waals surface area contributed by atoms with Crippen molar-refractivity contribution in [2.75, 3.05) is 30.2 Å². The second kappa shape index (κ2) is 21.3. The minimum Gasteiger partial charge on any atom is -0.748 e. The van der Waals surface area contributed by atoms with Gasteiger partial charge in [0.25, 0.3) is 0 Å². The third kappa shape index (κ3) is 16.9. The second-order valence-corrected chi connectivity index (χ2v) is 12.2. The Morgan fingerprint density at radius 2 is 1.04 bits per heavy atom. The van der Waals surface area contributed by atoms with Crippen LogP contribution in [-0.4, -0.2) is 57.1 Å². The molecule has 15 heteroatoms. The third-order valence-electron chi connectivity index (χ3n) is 5.54. The number of fused-ring (bicyclic) bond motifs is 2. The van der Waals surface area contributed by atoms with Gasteiger partial charge in [-0.25, -0.2) is 16.8 Å². The number of benzene rings is 4. The molecule has 0 fully saturated rings. The average molecular weight is 854 g/mol. The van der Waals surface area contributed by atoms with Gasteiger partial charge in [0.1, 0.15) is 5.78 Å². The zero-order valence-corrected chi connectivity index (χ0v) is 35.1. The molecule has 1 aliphatic rings. The van der Waals surface area contributed by atoms with Crippen molar-refractivity contribution in [2.45, 2.75) is 13.8 Å². The minimum absolute atomic E-state index is 0. The summed E-state index contributed by atoms with van der Waals surface area (Å²) in [6.07, 6.45) is 1.21. The quantitative estimate of drug-likeness (QED) is 0.126. The Morgan fingerprint density at radius 3 is 1.46 bits per heavy atom. The number of carbonyl (C=O) groups excluding carboxylic acids is 2. The van der Waals surface area contributed by atoms with Crippen molar-refractivity contribution in [3.05, 3.63) is 124 Å². The van der Waals surface area contributed by atoms with Gasteiger partial charge < -0.3 is 24.5 Å². The molecule has 234 valence electrons. The van der Waals surface area contributed by atoms with Crippen molar-refractivity contribution < 1.29 is 116 Å². The predicted octanol–water partition coefficient (Wildman–Crippen LogP) is -1.32. The molecule has 5 rings (SSSR count). The van der Waals surface area contributed by atoms with Gasteiger partial charge in [0, 0.05) is 57.6 Å². The van der Waals surface area contributed by atoms with Gasteiger partial charge in [0.2, 0.25) is 0 Å². The van der Waals surface area contributed by atoms with Crippen molar-refractivity contribution >= 4 is 48.9 Å². The van der Waals surface area contributed by atoms with E-state index < -0.39 is 20.2 Å². The number of rotatable bonds is 3. The van der Waals surface area contributed by atoms with E-state index in [-0.39, 0.29) is 91.7 Å². The fourth-order valence-electron chi connectivity index (χ4n) is 3.68. The molecule has 0 bridgehead atoms. The topological polar surface area (TPSA) is 173 Å². The maximum Gasteiger partial charge on any atom is 1.00 e. The molecule has 1 aliphatic carbocycles. The summed E-state index contributed by atoms with van der Waals surface area (Å²) >= 11 is 0. The van der Waals surface area contributed by atoms with Crippen LogP contribution in [0.15, 0.2) is 84.9 Å². The molecule has 4 aromatic rings. The molecule has 0 atom stereocenters. The van der Waals surface area contributed by atoms with Crippen LogP contribution in [0.4, 0.5) is 17.1 Å². The molecule has 4 aromatic carbocycles. The largest absolute Gasteiger partial charge is 1.00 e. The Morgan fingerprint density at radius 1 is 0.652 bits per heavy atom. The molecular weight excluding hydrogens is 822 g/mol. The summed E-state index contributed by atoms with van der Waals surface area (Å²) in [5, 5.41) is 6.30. The first-order chi connectivity index (χ1) is 20.0. The maximum atomic E-state index is 12.9. The van der Waals surface area contributed by atoms with Gasteiger partial charge in [-0.1, -0.05) is 65.2 Å². The smallest absolute Gasteiger partial charge is 0.748 e. The fraction of sp³-hybridized carbons (Fsp3) is 0.161. The van der Waals surface area contributed by atoms with E-state index in [0.29, 0.717) is 40.5 Å². The van der Waals surface area contributed by atoms with Gasteiger partial charge >= 0.3 is 59.1 Å². The number of carbonyl (C=O) groups is 2. The van der Waals surface area contributed by atoms with E-state index in [2.05, 4.69) is 47.9 Å². The summed E-state index contributed by atoms with van der Waals surface area (Å²) in [6.45, 7) is 4.10. The molecule has 0 aliphatic heterocycles. The van der Waals surface area contributed by atoms with Crippen molar-refractivity contribution in [1.82, 2.24) is 0 Å². The van der Waals surface area contributed by atoms with E-state index in [1.165, 1.54) is 11.3 Å². The van der Waals surface area contributed by atoms with E-state index in [1.54, 1.807) is 36.4 Å². The van der Waals surface area contributed by atoms with Crippen LogP contribution < -0.4 is 69.7 Å². The summed E-state index contributed by atoms with van der Waals surface area (Å²) in [4.78, 5) is 25.6. The van der Waals surface area contributed by atoms with Crippen molar-refractivity contribution in [3.63, 3.8) is 0 Å². The van der Waals surface area contributed by atoms with Crippen LogP contribution in [0, 0.1) is 19.9 Å². The van der Waals surface area contributed by atoms with Gasteiger partial charge in [-0.2, -0.15) is 0 Å². The van der Waals surface area contributed by atoms with E-state index in [1.807, 2.05) is 38.2 Å². The normalized spacial score (nSPS) is 10.8. The molecular formula is C31H31N2Na2O8S2W-. The molecule has 10 nitrogen and oxygen atoms in total. The molecule has 2 N–H and O–H groups in total. The van der Waals surface area contributed by atoms with Gasteiger partial charge in [-0.15, -0.1) is 18.2 Å². The number of hydrogen-bond acceptors (Lipinski definition) is 10. The van der Waals surface area contributed by atoms with Gasteiger partial charge in [-0.3, -0.25) is 4.79 Å². The van der Waals surface area contributed by atoms with Crippen LogP contribution in [-0.2, 0) is 41.3 Å². The monoisotopic (exact) mass is 853 g/mol. The SMILES string of the molecule is CNc1ccc(C)cc1.CS(=O)(=O)[O-].CS(=O)(=O)[O-].Cc1ccc(Nc2cc[c-]c3c2C(=O)c2ccccc2C3=O)cc1.[Na+].[Na+].[W]. The first kappa shape index (κ1) is 46.4. The zero-order valence-electron chi connectivity index (χ0n) is 26.6. The molecule has 0 aromatic heterocycles. The maximum absolute atomic E-state index is 12.9. The van der Waals surface area contributed by atoms with Crippen molar-refractivity contribution in [3.8, 4) is 0 Å². The zero-order chi connectivity index (χ0) is 32.4. The number of nitrogens with one attached hydrogen (secondary N) is 2. The van der Waals surface area contributed by atoms with E-state index in [4.69, 9.17) is 25.9 Å². The van der Waals surface area contributed by atoms with Crippen LogP contribution >= 0.6 is 0 Å². The predicted molar refractivity (Wildman–Crippen MR) is 165 cm³/mol. The Balaban J connectivity index is 0. The average Bonchev–Trinajstić information content (AvgIpc) is 2.92. The van der Waals surface area contributed by atoms with Gasteiger partial charge in [-0.05, 0) is 54.9 Å². The van der Waals surface area contributed by atoms with E-state index >= 15 is 0 Å². The van der Waals surface area contributed by atoms with Crippen LogP contribution in [0.1, 0.15) is 43.0 Å². The second-order valence-electron chi connectivity index (χ2n) is 9.36. The number of hydrogen-bond donors (Lipinski definition) is 2. The van der Waals surface area contributed by atoms with E-state index in [0.717, 1.165) is 11.3 Å². The molecule has 0 amide bonds. The third-order valence-corrected chi connectivity index (χ3v) is 5.54. The van der Waals surface area contributed by atoms with Crippen LogP contribution in [0.25, 0.3) is 0 Å². The molecule has 46 heavy (non-hydrogen) atoms. The standard InChI is InChI=1S/C21H14NO2.C8H11N.2CH4O3S.2Na.W/c1-13-9-11-14(12-10-13)22-18-8-4-7-17-19(18)21(24)16-6-3-2-5-15(16)20(17)23;1-7-3-5-8(9-2)6-4-7;2*1-5(2,3)4;;;/h2-6,8-12,22H,1H3;3-6,9H,1-2H3;2*1H3,(H,2,3,4);;;/q-1;;;;2*+1;/p-2. The Labute approximate surface area is 329 Å². The van der Waals surface area contributed by atoms with Crippen molar-refractivity contribution in [1.29, 1.82) is 0 Å². The number of aryl methyl sites for hydroxylation is 2. The van der Waals surface area contributed by atoms with E-state index in [9.17, 15) is 9.59 Å². The van der Waals surface area contributed by atoms with Gasteiger partial charge in [0.05, 0.1) is 20.2 Å². The molecule has 0 radical (unpaired) electrons. The van der Waals surface area contributed by atoms with Gasteiger partial charge in [0.15, 0.2) is 5.78 Å². The van der Waals surface area contributed by atoms with Crippen LogP contribution in [0.5, 0.6) is 0 Å². The molecule has 0 unspecified atom stereocenters. The minimum atomic E-state index is -3.92. The van der Waals surface area contributed by atoms with Crippen molar-refractivity contribution in [2.24, 2.45) is 0 Å². The van der Waals surface area contributed by atoms with Crippen LogP contribution in [0.3, 0.4) is 0 Å². The number of ketones is 2. The van der Waals surface area contributed by atoms with Crippen LogP contribution in [0.2, 0.25) is 0 Å². The molecule has 0 spiro atoms. The summed E-state index contributed by atoms with van der Waals surface area (Å²) in [5.41, 5.74) is 6.73. The fourth-order valence-corrected chi connectivity index (χ4v) is 3.68. The Bertz CT molecular complexity index is 1760. The summed E-state index contributed by atoms with van der Waals surface area (Å²) < 4.78 is 54.5.